The van der Waals surface area contributed by atoms with Crippen LogP contribution in [-0.4, -0.2) is 19.3 Å². The second-order valence-electron chi connectivity index (χ2n) is 13.8. The molecule has 3 fully saturated rings. The lowest BCUT2D eigenvalue weighted by Gasteiger charge is -2.58. The Balaban J connectivity index is 1.35. The van der Waals surface area contributed by atoms with Crippen molar-refractivity contribution < 1.29 is 9.47 Å². The maximum atomic E-state index is 6.34. The van der Waals surface area contributed by atoms with E-state index < -0.39 is 0 Å². The number of fused-ring (bicyclic) bond motifs is 5. The van der Waals surface area contributed by atoms with Crippen molar-refractivity contribution in [2.24, 2.45) is 46.3 Å². The normalized spacial score (nSPS) is 39.4. The molecule has 4 aliphatic carbocycles. The summed E-state index contributed by atoms with van der Waals surface area (Å²) in [5.74, 6) is 5.51. The van der Waals surface area contributed by atoms with E-state index in [9.17, 15) is 0 Å². The van der Waals surface area contributed by atoms with Crippen molar-refractivity contribution in [1.82, 2.24) is 0 Å². The first-order chi connectivity index (χ1) is 16.8. The molecule has 200 valence electrons. The Morgan fingerprint density at radius 3 is 2.54 bits per heavy atom. The minimum atomic E-state index is 0.433. The molecule has 0 aromatic rings. The van der Waals surface area contributed by atoms with Gasteiger partial charge in [-0.05, 0) is 111 Å². The second kappa shape index (κ2) is 11.7. The molecule has 35 heavy (non-hydrogen) atoms. The summed E-state index contributed by atoms with van der Waals surface area (Å²) < 4.78 is 11.6. The first kappa shape index (κ1) is 27.3. The maximum absolute atomic E-state index is 6.34. The van der Waals surface area contributed by atoms with Crippen molar-refractivity contribution in [3.8, 4) is 0 Å². The molecule has 0 spiro atoms. The first-order valence-corrected chi connectivity index (χ1v) is 15.3. The fourth-order valence-corrected chi connectivity index (χ4v) is 9.42. The summed E-state index contributed by atoms with van der Waals surface area (Å²) in [7, 11) is 0. The van der Waals surface area contributed by atoms with Gasteiger partial charge in [0.05, 0.1) is 19.0 Å². The molecule has 8 atom stereocenters. The molecule has 2 heteroatoms. The summed E-state index contributed by atoms with van der Waals surface area (Å²) in [6.45, 7) is 18.0. The van der Waals surface area contributed by atoms with Crippen LogP contribution in [0.2, 0.25) is 0 Å². The summed E-state index contributed by atoms with van der Waals surface area (Å²) in [6, 6.07) is 0. The molecular weight excluding hydrogens is 428 g/mol. The van der Waals surface area contributed by atoms with E-state index >= 15 is 0 Å². The molecule has 0 heterocycles. The van der Waals surface area contributed by atoms with Crippen LogP contribution in [0.15, 0.2) is 24.5 Å². The number of unbranched alkanes of at least 4 members (excludes halogenated alkanes) is 1. The smallest absolute Gasteiger partial charge is 0.0873 e. The SMILES string of the molecule is C=COCCCCOC1CCC2(C)C(=CCC3C2CCC2(C)C(C(C)CCCC(C)C)CCC32)C1. The number of rotatable bonds is 12. The van der Waals surface area contributed by atoms with Crippen LogP contribution >= 0.6 is 0 Å². The van der Waals surface area contributed by atoms with Crippen molar-refractivity contribution in [1.29, 1.82) is 0 Å². The minimum absolute atomic E-state index is 0.433. The van der Waals surface area contributed by atoms with Crippen LogP contribution in [-0.2, 0) is 9.47 Å². The van der Waals surface area contributed by atoms with Gasteiger partial charge in [-0.1, -0.05) is 72.1 Å². The van der Waals surface area contributed by atoms with E-state index in [2.05, 4.69) is 47.3 Å². The second-order valence-corrected chi connectivity index (χ2v) is 13.8. The molecule has 4 rings (SSSR count). The van der Waals surface area contributed by atoms with Crippen LogP contribution in [0.25, 0.3) is 0 Å². The number of allylic oxidation sites excluding steroid dienone is 1. The average molecular weight is 485 g/mol. The molecule has 4 aliphatic rings. The van der Waals surface area contributed by atoms with Crippen molar-refractivity contribution in [2.75, 3.05) is 13.2 Å². The van der Waals surface area contributed by atoms with Crippen molar-refractivity contribution in [3.63, 3.8) is 0 Å². The van der Waals surface area contributed by atoms with Crippen LogP contribution in [0.5, 0.6) is 0 Å². The van der Waals surface area contributed by atoms with Gasteiger partial charge >= 0.3 is 0 Å². The Bertz CT molecular complexity index is 725. The third-order valence-corrected chi connectivity index (χ3v) is 11.4. The summed E-state index contributed by atoms with van der Waals surface area (Å²) in [4.78, 5) is 0. The van der Waals surface area contributed by atoms with E-state index in [1.54, 1.807) is 11.8 Å². The Hall–Kier alpha value is -0.760. The van der Waals surface area contributed by atoms with Gasteiger partial charge < -0.3 is 9.47 Å². The topological polar surface area (TPSA) is 18.5 Å². The van der Waals surface area contributed by atoms with E-state index in [-0.39, 0.29) is 0 Å². The molecule has 0 radical (unpaired) electrons. The fourth-order valence-electron chi connectivity index (χ4n) is 9.42. The number of hydrogen-bond donors (Lipinski definition) is 0. The maximum Gasteiger partial charge on any atom is 0.0873 e. The summed E-state index contributed by atoms with van der Waals surface area (Å²) >= 11 is 0. The van der Waals surface area contributed by atoms with Gasteiger partial charge in [-0.25, -0.2) is 0 Å². The van der Waals surface area contributed by atoms with Gasteiger partial charge in [0.1, 0.15) is 0 Å². The molecule has 2 nitrogen and oxygen atoms in total. The minimum Gasteiger partial charge on any atom is -0.502 e. The highest BCUT2D eigenvalue weighted by Gasteiger charge is 2.59. The van der Waals surface area contributed by atoms with Crippen molar-refractivity contribution in [3.05, 3.63) is 24.5 Å². The predicted molar refractivity (Wildman–Crippen MR) is 148 cm³/mol. The zero-order chi connectivity index (χ0) is 25.1. The van der Waals surface area contributed by atoms with E-state index in [1.165, 1.54) is 70.6 Å². The molecule has 8 unspecified atom stereocenters. The van der Waals surface area contributed by atoms with E-state index in [4.69, 9.17) is 9.47 Å². The summed E-state index contributed by atoms with van der Waals surface area (Å²) in [6.07, 6.45) is 22.2. The summed E-state index contributed by atoms with van der Waals surface area (Å²) in [5.41, 5.74) is 2.78. The molecule has 0 aliphatic heterocycles. The molecule has 0 N–H and O–H groups in total. The number of hydrogen-bond acceptors (Lipinski definition) is 2. The standard InChI is InChI=1S/C33H56O2/c1-7-34-21-8-9-22-35-27-17-19-32(5)26(23-27)13-14-28-30-16-15-29(25(4)12-10-11-24(2)3)33(30,6)20-18-31(28)32/h7,13,24-25,27-31H,1,8-12,14-23H2,2-6H3. The van der Waals surface area contributed by atoms with Gasteiger partial charge in [-0.15, -0.1) is 0 Å². The van der Waals surface area contributed by atoms with Gasteiger partial charge in [-0.2, -0.15) is 0 Å². The van der Waals surface area contributed by atoms with Crippen LogP contribution in [0.3, 0.4) is 0 Å². The quantitative estimate of drug-likeness (QED) is 0.156. The largest absolute Gasteiger partial charge is 0.502 e. The lowest BCUT2D eigenvalue weighted by Crippen LogP contribution is -2.51. The van der Waals surface area contributed by atoms with Gasteiger partial charge in [-0.3, -0.25) is 0 Å². The predicted octanol–water partition coefficient (Wildman–Crippen LogP) is 9.35. The van der Waals surface area contributed by atoms with Crippen LogP contribution in [0.1, 0.15) is 118 Å². The fraction of sp³-hybridized carbons (Fsp3) is 0.879. The van der Waals surface area contributed by atoms with E-state index in [0.29, 0.717) is 16.9 Å². The summed E-state index contributed by atoms with van der Waals surface area (Å²) in [5, 5.41) is 0. The van der Waals surface area contributed by atoms with Gasteiger partial charge in [0, 0.05) is 6.61 Å². The van der Waals surface area contributed by atoms with Crippen molar-refractivity contribution in [2.45, 2.75) is 124 Å². The lowest BCUT2D eigenvalue weighted by atomic mass is 9.47. The molecule has 0 aromatic carbocycles. The highest BCUT2D eigenvalue weighted by atomic mass is 16.5. The van der Waals surface area contributed by atoms with Gasteiger partial charge in [0.2, 0.25) is 0 Å². The van der Waals surface area contributed by atoms with Gasteiger partial charge in [0.15, 0.2) is 0 Å². The van der Waals surface area contributed by atoms with Gasteiger partial charge in [0.25, 0.3) is 0 Å². The van der Waals surface area contributed by atoms with Crippen LogP contribution < -0.4 is 0 Å². The Kier molecular flexibility index (Phi) is 9.15. The zero-order valence-corrected chi connectivity index (χ0v) is 23.8. The Labute approximate surface area is 217 Å². The Morgan fingerprint density at radius 2 is 1.77 bits per heavy atom. The Morgan fingerprint density at radius 1 is 0.971 bits per heavy atom. The molecule has 0 saturated heterocycles. The first-order valence-electron chi connectivity index (χ1n) is 15.3. The van der Waals surface area contributed by atoms with E-state index in [1.807, 2.05) is 0 Å². The average Bonchev–Trinajstić information content (AvgIpc) is 3.18. The molecule has 3 saturated carbocycles. The molecular formula is C33H56O2. The lowest BCUT2D eigenvalue weighted by molar-refractivity contribution is -0.0642. The van der Waals surface area contributed by atoms with Crippen molar-refractivity contribution >= 4 is 0 Å². The monoisotopic (exact) mass is 484 g/mol. The van der Waals surface area contributed by atoms with E-state index in [0.717, 1.165) is 61.6 Å². The molecule has 0 aromatic heterocycles. The number of ether oxygens (including phenoxy) is 2. The van der Waals surface area contributed by atoms with Crippen LogP contribution in [0, 0.1) is 46.3 Å². The van der Waals surface area contributed by atoms with Crippen LogP contribution in [0.4, 0.5) is 0 Å². The third-order valence-electron chi connectivity index (χ3n) is 11.4. The third kappa shape index (κ3) is 5.73. The highest BCUT2D eigenvalue weighted by molar-refractivity contribution is 5.25. The molecule has 0 amide bonds. The zero-order valence-electron chi connectivity index (χ0n) is 23.8. The molecule has 0 bridgehead atoms. The highest BCUT2D eigenvalue weighted by Crippen LogP contribution is 2.67.